The number of nitrogens with one attached hydrogen (secondary N) is 1. The number of carbonyl (C=O) groups excluding carboxylic acids is 2. The van der Waals surface area contributed by atoms with Gasteiger partial charge in [-0.2, -0.15) is 0 Å². The van der Waals surface area contributed by atoms with Crippen molar-refractivity contribution in [3.63, 3.8) is 0 Å². The summed E-state index contributed by atoms with van der Waals surface area (Å²) in [6.45, 7) is 7.86. The molecule has 0 bridgehead atoms. The van der Waals surface area contributed by atoms with E-state index in [1.807, 2.05) is 13.8 Å². The monoisotopic (exact) mass is 342 g/mol. The molecule has 0 radical (unpaired) electrons. The number of imidazole rings is 1. The van der Waals surface area contributed by atoms with Gasteiger partial charge in [0.2, 0.25) is 0 Å². The van der Waals surface area contributed by atoms with Crippen molar-refractivity contribution in [1.29, 1.82) is 0 Å². The molecule has 132 valence electrons. The zero-order valence-corrected chi connectivity index (χ0v) is 14.8. The van der Waals surface area contributed by atoms with Crippen molar-refractivity contribution in [1.82, 2.24) is 14.5 Å². The minimum atomic E-state index is -0.434. The van der Waals surface area contributed by atoms with Gasteiger partial charge in [-0.15, -0.1) is 0 Å². The lowest BCUT2D eigenvalue weighted by atomic mass is 10.1. The third kappa shape index (κ3) is 2.80. The smallest absolute Gasteiger partial charge is 0.277 e. The molecule has 7 nitrogen and oxygen atoms in total. The van der Waals surface area contributed by atoms with Crippen molar-refractivity contribution < 1.29 is 14.7 Å². The van der Waals surface area contributed by atoms with Crippen LogP contribution in [0.3, 0.4) is 0 Å². The second-order valence-electron chi connectivity index (χ2n) is 6.51. The number of nitrogens with zero attached hydrogens (tertiary/aromatic N) is 3. The van der Waals surface area contributed by atoms with Crippen LogP contribution in [0.5, 0.6) is 0 Å². The fourth-order valence-electron chi connectivity index (χ4n) is 3.00. The van der Waals surface area contributed by atoms with E-state index in [0.717, 1.165) is 32.7 Å². The van der Waals surface area contributed by atoms with Gasteiger partial charge in [0.05, 0.1) is 30.7 Å². The lowest BCUT2D eigenvalue weighted by Crippen LogP contribution is -2.34. The first kappa shape index (κ1) is 17.2. The number of aliphatic hydroxyl groups excluding tert-OH is 1. The van der Waals surface area contributed by atoms with E-state index in [2.05, 4.69) is 34.8 Å². The maximum atomic E-state index is 12.4. The van der Waals surface area contributed by atoms with Gasteiger partial charge < -0.3 is 15.0 Å². The first-order chi connectivity index (χ1) is 11.8. The predicted octanol–water partition coefficient (Wildman–Crippen LogP) is 1.89. The van der Waals surface area contributed by atoms with E-state index in [4.69, 9.17) is 5.11 Å². The highest BCUT2D eigenvalue weighted by atomic mass is 16.3. The van der Waals surface area contributed by atoms with Crippen molar-refractivity contribution in [3.8, 4) is 0 Å². The van der Waals surface area contributed by atoms with Crippen LogP contribution in [-0.4, -0.2) is 44.5 Å². The fraction of sp³-hybridized carbons (Fsp3) is 0.389. The quantitative estimate of drug-likeness (QED) is 0.810. The zero-order valence-electron chi connectivity index (χ0n) is 14.8. The molecule has 2 aromatic rings. The summed E-state index contributed by atoms with van der Waals surface area (Å²) < 4.78 is 2.07. The molecule has 2 amide bonds. The summed E-state index contributed by atoms with van der Waals surface area (Å²) in [5.41, 5.74) is 4.72. The minimum absolute atomic E-state index is 0.0104. The summed E-state index contributed by atoms with van der Waals surface area (Å²) in [5, 5.41) is 12.1. The third-order valence-electron chi connectivity index (χ3n) is 4.54. The van der Waals surface area contributed by atoms with Gasteiger partial charge in [-0.3, -0.25) is 14.5 Å². The van der Waals surface area contributed by atoms with Crippen LogP contribution in [-0.2, 0) is 9.59 Å². The van der Waals surface area contributed by atoms with Gasteiger partial charge in [-0.05, 0) is 44.9 Å². The first-order valence-corrected chi connectivity index (χ1v) is 8.27. The lowest BCUT2D eigenvalue weighted by Gasteiger charge is -2.16. The molecule has 0 saturated carbocycles. The molecule has 2 N–H and O–H groups in total. The largest absolute Gasteiger partial charge is 0.395 e. The standard InChI is InChI=1S/C18H22N4O3/c1-10(2)22-9-19-17-14(22)7-11(3)12(4)16(17)20-13-8-15(24)21(5-6-23)18(13)25/h7-10,20,23H,5-6H2,1-4H3. The summed E-state index contributed by atoms with van der Waals surface area (Å²) in [7, 11) is 0. The van der Waals surface area contributed by atoms with Crippen molar-refractivity contribution in [3.05, 3.63) is 35.3 Å². The van der Waals surface area contributed by atoms with E-state index in [9.17, 15) is 9.59 Å². The second kappa shape index (κ2) is 6.33. The van der Waals surface area contributed by atoms with Crippen LogP contribution in [0.1, 0.15) is 31.0 Å². The maximum Gasteiger partial charge on any atom is 0.277 e. The predicted molar refractivity (Wildman–Crippen MR) is 95.1 cm³/mol. The van der Waals surface area contributed by atoms with Crippen molar-refractivity contribution in [2.24, 2.45) is 0 Å². The molecule has 7 heteroatoms. The number of β-amino-alcohol motifs (C(OH)–C–C–N with tert-alkyl or cyclic N) is 1. The number of aromatic nitrogens is 2. The summed E-state index contributed by atoms with van der Waals surface area (Å²) in [5.74, 6) is -0.854. The molecular weight excluding hydrogens is 320 g/mol. The van der Waals surface area contributed by atoms with Crippen molar-refractivity contribution in [2.75, 3.05) is 18.5 Å². The van der Waals surface area contributed by atoms with Crippen molar-refractivity contribution in [2.45, 2.75) is 33.7 Å². The number of aliphatic hydroxyl groups is 1. The molecule has 0 atom stereocenters. The molecular formula is C18H22N4O3. The van der Waals surface area contributed by atoms with Gasteiger partial charge in [0.25, 0.3) is 11.8 Å². The zero-order chi connectivity index (χ0) is 18.3. The summed E-state index contributed by atoms with van der Waals surface area (Å²) in [6, 6.07) is 2.34. The molecule has 25 heavy (non-hydrogen) atoms. The molecule has 1 aliphatic heterocycles. The summed E-state index contributed by atoms with van der Waals surface area (Å²) in [6.07, 6.45) is 3.05. The molecule has 1 aromatic carbocycles. The van der Waals surface area contributed by atoms with Crippen LogP contribution in [0.25, 0.3) is 11.0 Å². The number of imide groups is 1. The van der Waals surface area contributed by atoms with Gasteiger partial charge >= 0.3 is 0 Å². The Labute approximate surface area is 145 Å². The Hall–Kier alpha value is -2.67. The SMILES string of the molecule is Cc1cc2c(ncn2C(C)C)c(NC2=CC(=O)N(CCO)C2=O)c1C. The molecule has 2 heterocycles. The van der Waals surface area contributed by atoms with E-state index < -0.39 is 11.8 Å². The minimum Gasteiger partial charge on any atom is -0.395 e. The second-order valence-corrected chi connectivity index (χ2v) is 6.51. The maximum absolute atomic E-state index is 12.4. The number of hydrogen-bond donors (Lipinski definition) is 2. The Morgan fingerprint density at radius 2 is 2.00 bits per heavy atom. The van der Waals surface area contributed by atoms with Gasteiger partial charge in [0, 0.05) is 12.1 Å². The molecule has 3 rings (SSSR count). The number of fused-ring (bicyclic) bond motifs is 1. The highest BCUT2D eigenvalue weighted by molar-refractivity contribution is 6.18. The number of benzene rings is 1. The molecule has 0 aliphatic carbocycles. The number of amides is 2. The highest BCUT2D eigenvalue weighted by Crippen LogP contribution is 2.32. The normalized spacial score (nSPS) is 14.8. The number of carbonyl (C=O) groups is 2. The van der Waals surface area contributed by atoms with E-state index in [1.54, 1.807) is 6.33 Å². The third-order valence-corrected chi connectivity index (χ3v) is 4.54. The number of rotatable bonds is 5. The Balaban J connectivity index is 2.05. The summed E-state index contributed by atoms with van der Waals surface area (Å²) >= 11 is 0. The van der Waals surface area contributed by atoms with Crippen LogP contribution in [0, 0.1) is 13.8 Å². The Kier molecular flexibility index (Phi) is 4.34. The van der Waals surface area contributed by atoms with Crippen LogP contribution >= 0.6 is 0 Å². The number of anilines is 1. The number of aryl methyl sites for hydroxylation is 1. The lowest BCUT2D eigenvalue weighted by molar-refractivity contribution is -0.137. The Morgan fingerprint density at radius 1 is 1.28 bits per heavy atom. The fourth-order valence-corrected chi connectivity index (χ4v) is 3.00. The first-order valence-electron chi connectivity index (χ1n) is 8.27. The van der Waals surface area contributed by atoms with Crippen molar-refractivity contribution >= 4 is 28.5 Å². The average Bonchev–Trinajstić information content (AvgIpc) is 3.08. The number of hydrogen-bond acceptors (Lipinski definition) is 5. The Bertz CT molecular complexity index is 895. The van der Waals surface area contributed by atoms with Gasteiger partial charge in [0.15, 0.2) is 0 Å². The summed E-state index contributed by atoms with van der Waals surface area (Å²) in [4.78, 5) is 29.9. The average molecular weight is 342 g/mol. The van der Waals surface area contributed by atoms with E-state index in [-0.39, 0.29) is 24.9 Å². The topological polar surface area (TPSA) is 87.5 Å². The van der Waals surface area contributed by atoms with E-state index >= 15 is 0 Å². The molecule has 1 aromatic heterocycles. The molecule has 0 fully saturated rings. The van der Waals surface area contributed by atoms with Crippen LogP contribution < -0.4 is 5.32 Å². The Morgan fingerprint density at radius 3 is 2.64 bits per heavy atom. The van der Waals surface area contributed by atoms with Crippen LogP contribution in [0.4, 0.5) is 5.69 Å². The van der Waals surface area contributed by atoms with Crippen LogP contribution in [0.15, 0.2) is 24.2 Å². The van der Waals surface area contributed by atoms with Gasteiger partial charge in [-0.25, -0.2) is 4.98 Å². The molecule has 0 saturated heterocycles. The van der Waals surface area contributed by atoms with Crippen LogP contribution in [0.2, 0.25) is 0 Å². The molecule has 1 aliphatic rings. The van der Waals surface area contributed by atoms with E-state index in [1.165, 1.54) is 6.08 Å². The highest BCUT2D eigenvalue weighted by Gasteiger charge is 2.31. The molecule has 0 spiro atoms. The molecule has 0 unspecified atom stereocenters. The van der Waals surface area contributed by atoms with Gasteiger partial charge in [0.1, 0.15) is 11.2 Å². The van der Waals surface area contributed by atoms with Gasteiger partial charge in [-0.1, -0.05) is 0 Å². The van der Waals surface area contributed by atoms with E-state index in [0.29, 0.717) is 0 Å².